The van der Waals surface area contributed by atoms with Crippen LogP contribution in [-0.4, -0.2) is 10.9 Å². The van der Waals surface area contributed by atoms with Crippen LogP contribution in [0, 0.1) is 6.92 Å². The number of thiophene rings is 1. The highest BCUT2D eigenvalue weighted by atomic mass is 79.9. The molecule has 7 heteroatoms. The molecular weight excluding hydrogens is 358 g/mol. The van der Waals surface area contributed by atoms with Crippen molar-refractivity contribution < 1.29 is 4.79 Å². The van der Waals surface area contributed by atoms with Crippen LogP contribution in [0.3, 0.4) is 0 Å². The quantitative estimate of drug-likeness (QED) is 0.710. The smallest absolute Gasteiger partial charge is 0.269 e. The zero-order valence-corrected chi connectivity index (χ0v) is 13.7. The first kappa shape index (κ1) is 13.5. The Kier molecular flexibility index (Phi) is 3.49. The van der Waals surface area contributed by atoms with Crippen LogP contribution in [-0.2, 0) is 0 Å². The fourth-order valence-electron chi connectivity index (χ4n) is 1.86. The van der Waals surface area contributed by atoms with Gasteiger partial charge in [-0.05, 0) is 19.1 Å². The zero-order valence-electron chi connectivity index (χ0n) is 10.4. The Morgan fingerprint density at radius 1 is 1.40 bits per heavy atom. The maximum absolute atomic E-state index is 12.3. The second-order valence-corrected chi connectivity index (χ2v) is 7.33. The third-order valence-corrected chi connectivity index (χ3v) is 5.41. The van der Waals surface area contributed by atoms with E-state index in [0.717, 1.165) is 19.4 Å². The molecule has 0 saturated carbocycles. The number of rotatable bonds is 2. The maximum atomic E-state index is 12.3. The van der Waals surface area contributed by atoms with Gasteiger partial charge < -0.3 is 5.73 Å². The minimum atomic E-state index is -0.218. The monoisotopic (exact) mass is 367 g/mol. The van der Waals surface area contributed by atoms with Gasteiger partial charge in [-0.2, -0.15) is 0 Å². The number of nitrogens with two attached hydrogens (primary N) is 1. The summed E-state index contributed by atoms with van der Waals surface area (Å²) < 4.78 is 1.88. The number of carbonyl (C=O) groups is 1. The van der Waals surface area contributed by atoms with Crippen molar-refractivity contribution in [2.45, 2.75) is 6.92 Å². The van der Waals surface area contributed by atoms with Crippen molar-refractivity contribution in [3.63, 3.8) is 0 Å². The van der Waals surface area contributed by atoms with Crippen LogP contribution in [0.2, 0.25) is 0 Å². The summed E-state index contributed by atoms with van der Waals surface area (Å²) in [5.74, 6) is -0.218. The number of thiazole rings is 1. The van der Waals surface area contributed by atoms with Crippen molar-refractivity contribution in [1.82, 2.24) is 4.98 Å². The predicted octanol–water partition coefficient (Wildman–Crippen LogP) is 4.26. The van der Waals surface area contributed by atoms with Gasteiger partial charge >= 0.3 is 0 Å². The van der Waals surface area contributed by atoms with Crippen LogP contribution < -0.4 is 11.1 Å². The number of aromatic nitrogens is 1. The molecule has 0 saturated heterocycles. The van der Waals surface area contributed by atoms with Crippen LogP contribution in [0.25, 0.3) is 10.1 Å². The number of nitrogen functional groups attached to an aromatic ring is 1. The highest BCUT2D eigenvalue weighted by Crippen LogP contribution is 2.38. The van der Waals surface area contributed by atoms with Crippen LogP contribution >= 0.6 is 38.6 Å². The first-order valence-corrected chi connectivity index (χ1v) is 8.19. The van der Waals surface area contributed by atoms with Crippen LogP contribution in [0.4, 0.5) is 10.8 Å². The first-order chi connectivity index (χ1) is 9.56. The Morgan fingerprint density at radius 3 is 2.85 bits per heavy atom. The second kappa shape index (κ2) is 5.16. The third kappa shape index (κ3) is 2.32. The van der Waals surface area contributed by atoms with E-state index in [9.17, 15) is 4.79 Å². The van der Waals surface area contributed by atoms with E-state index in [1.165, 1.54) is 22.7 Å². The Hall–Kier alpha value is -1.44. The summed E-state index contributed by atoms with van der Waals surface area (Å²) in [6.07, 6.45) is 1.73. The van der Waals surface area contributed by atoms with Crippen molar-refractivity contribution in [3.8, 4) is 0 Å². The van der Waals surface area contributed by atoms with Crippen molar-refractivity contribution in [2.24, 2.45) is 0 Å². The number of amides is 1. The largest absolute Gasteiger partial charge is 0.397 e. The van der Waals surface area contributed by atoms with Gasteiger partial charge in [0.05, 0.1) is 5.69 Å². The molecule has 20 heavy (non-hydrogen) atoms. The Labute approximate surface area is 131 Å². The lowest BCUT2D eigenvalue weighted by atomic mass is 10.2. The molecule has 2 heterocycles. The Balaban J connectivity index is 1.99. The topological polar surface area (TPSA) is 68.0 Å². The zero-order chi connectivity index (χ0) is 14.3. The molecule has 0 bridgehead atoms. The van der Waals surface area contributed by atoms with E-state index in [1.807, 2.05) is 25.1 Å². The number of aryl methyl sites for hydroxylation is 1. The summed E-state index contributed by atoms with van der Waals surface area (Å²) in [6.45, 7) is 1.94. The summed E-state index contributed by atoms with van der Waals surface area (Å²) >= 11 is 6.29. The molecule has 0 radical (unpaired) electrons. The highest BCUT2D eigenvalue weighted by Gasteiger charge is 2.18. The van der Waals surface area contributed by atoms with Gasteiger partial charge in [0, 0.05) is 25.6 Å². The van der Waals surface area contributed by atoms with E-state index in [0.29, 0.717) is 15.7 Å². The van der Waals surface area contributed by atoms with E-state index >= 15 is 0 Å². The summed E-state index contributed by atoms with van der Waals surface area (Å²) in [7, 11) is 0. The van der Waals surface area contributed by atoms with Gasteiger partial charge in [-0.25, -0.2) is 4.98 Å². The first-order valence-electron chi connectivity index (χ1n) is 5.76. The predicted molar refractivity (Wildman–Crippen MR) is 88.7 cm³/mol. The van der Waals surface area contributed by atoms with E-state index in [1.54, 1.807) is 6.20 Å². The molecule has 4 nitrogen and oxygen atoms in total. The normalized spacial score (nSPS) is 10.9. The lowest BCUT2D eigenvalue weighted by Crippen LogP contribution is -2.11. The molecule has 0 fully saturated rings. The van der Waals surface area contributed by atoms with Gasteiger partial charge in [0.25, 0.3) is 5.91 Å². The molecule has 0 aliphatic carbocycles. The summed E-state index contributed by atoms with van der Waals surface area (Å²) in [4.78, 5) is 18.0. The molecule has 3 rings (SSSR count). The number of fused-ring (bicyclic) bond motifs is 1. The number of nitrogens with zero attached hydrogens (tertiary/aromatic N) is 1. The number of carbonyl (C=O) groups excluding carboxylic acids is 1. The lowest BCUT2D eigenvalue weighted by molar-refractivity contribution is 0.103. The maximum Gasteiger partial charge on any atom is 0.269 e. The van der Waals surface area contributed by atoms with E-state index in [-0.39, 0.29) is 5.91 Å². The van der Waals surface area contributed by atoms with Crippen LogP contribution in [0.15, 0.2) is 28.9 Å². The molecule has 3 N–H and O–H groups in total. The number of anilines is 2. The summed E-state index contributed by atoms with van der Waals surface area (Å²) in [5, 5.41) is 4.26. The number of nitrogens with one attached hydrogen (secondary N) is 1. The molecule has 0 spiro atoms. The summed E-state index contributed by atoms with van der Waals surface area (Å²) in [6, 6.07) is 5.79. The lowest BCUT2D eigenvalue weighted by Gasteiger charge is -2.00. The molecule has 0 unspecified atom stereocenters. The average Bonchev–Trinajstić information content (AvgIpc) is 2.95. The number of hydrogen-bond donors (Lipinski definition) is 2. The van der Waals surface area contributed by atoms with E-state index < -0.39 is 0 Å². The van der Waals surface area contributed by atoms with Crippen molar-refractivity contribution >= 4 is 65.4 Å². The SMILES string of the molecule is Cc1cnc(NC(=O)c2sc3cccc(Br)c3c2N)s1. The number of benzene rings is 1. The fraction of sp³-hybridized carbons (Fsp3) is 0.0769. The van der Waals surface area contributed by atoms with Crippen LogP contribution in [0.1, 0.15) is 14.5 Å². The van der Waals surface area contributed by atoms with E-state index in [2.05, 4.69) is 26.2 Å². The molecule has 0 atom stereocenters. The number of halogens is 1. The van der Waals surface area contributed by atoms with Gasteiger partial charge in [0.2, 0.25) is 0 Å². The summed E-state index contributed by atoms with van der Waals surface area (Å²) in [5.41, 5.74) is 6.61. The molecule has 2 aromatic heterocycles. The molecule has 1 amide bonds. The highest BCUT2D eigenvalue weighted by molar-refractivity contribution is 9.10. The fourth-order valence-corrected chi connectivity index (χ4v) is 4.28. The van der Waals surface area contributed by atoms with Gasteiger partial charge in [-0.15, -0.1) is 22.7 Å². The van der Waals surface area contributed by atoms with Crippen LogP contribution in [0.5, 0.6) is 0 Å². The minimum Gasteiger partial charge on any atom is -0.397 e. The molecule has 0 aliphatic heterocycles. The molecular formula is C13H10BrN3OS2. The standard InChI is InChI=1S/C13H10BrN3OS2/c1-6-5-16-13(19-6)17-12(18)11-10(15)9-7(14)3-2-4-8(9)20-11/h2-5H,15H2,1H3,(H,16,17,18). The minimum absolute atomic E-state index is 0.218. The second-order valence-electron chi connectivity index (χ2n) is 4.19. The third-order valence-electron chi connectivity index (χ3n) is 2.75. The van der Waals surface area contributed by atoms with Crippen molar-refractivity contribution in [2.75, 3.05) is 11.1 Å². The molecule has 1 aromatic carbocycles. The molecule has 0 aliphatic rings. The molecule has 3 aromatic rings. The van der Waals surface area contributed by atoms with Gasteiger partial charge in [0.1, 0.15) is 4.88 Å². The van der Waals surface area contributed by atoms with Gasteiger partial charge in [-0.3, -0.25) is 10.1 Å². The van der Waals surface area contributed by atoms with Crippen molar-refractivity contribution in [1.29, 1.82) is 0 Å². The van der Waals surface area contributed by atoms with Gasteiger partial charge in [-0.1, -0.05) is 22.0 Å². The van der Waals surface area contributed by atoms with Gasteiger partial charge in [0.15, 0.2) is 5.13 Å². The Bertz CT molecular complexity index is 809. The Morgan fingerprint density at radius 2 is 2.20 bits per heavy atom. The average molecular weight is 368 g/mol. The van der Waals surface area contributed by atoms with Crippen molar-refractivity contribution in [3.05, 3.63) is 38.6 Å². The molecule has 102 valence electrons. The number of hydrogen-bond acceptors (Lipinski definition) is 5. The van der Waals surface area contributed by atoms with E-state index in [4.69, 9.17) is 5.73 Å².